The fourth-order valence-corrected chi connectivity index (χ4v) is 3.36. The molecule has 0 aliphatic heterocycles. The molecule has 124 valence electrons. The molecular weight excluding hydrogens is 402 g/mol. The van der Waals surface area contributed by atoms with E-state index in [1.54, 1.807) is 0 Å². The van der Waals surface area contributed by atoms with Gasteiger partial charge < -0.3 is 8.94 Å². The normalized spacial score (nSPS) is 10.9. The lowest BCUT2D eigenvalue weighted by atomic mass is 10.2. The van der Waals surface area contributed by atoms with Gasteiger partial charge in [-0.05, 0) is 28.1 Å². The molecule has 2 heterocycles. The fourth-order valence-electron chi connectivity index (χ4n) is 2.27. The molecule has 0 atom stereocenters. The third kappa shape index (κ3) is 3.67. The molecule has 0 unspecified atom stereocenters. The van der Waals surface area contributed by atoms with Crippen molar-refractivity contribution in [3.8, 4) is 22.8 Å². The van der Waals surface area contributed by atoms with Gasteiger partial charge in [0.25, 0.3) is 5.22 Å². The highest BCUT2D eigenvalue weighted by atomic mass is 79.9. The van der Waals surface area contributed by atoms with E-state index in [1.807, 2.05) is 60.7 Å². The summed E-state index contributed by atoms with van der Waals surface area (Å²) in [5.74, 6) is 1.82. The molecule has 0 bridgehead atoms. The van der Waals surface area contributed by atoms with Crippen LogP contribution in [0.5, 0.6) is 0 Å². The molecule has 5 nitrogen and oxygen atoms in total. The van der Waals surface area contributed by atoms with Gasteiger partial charge in [-0.1, -0.05) is 59.4 Å². The molecule has 0 saturated heterocycles. The van der Waals surface area contributed by atoms with Crippen LogP contribution in [0.1, 0.15) is 5.69 Å². The van der Waals surface area contributed by atoms with Crippen LogP contribution < -0.4 is 0 Å². The highest BCUT2D eigenvalue weighted by molar-refractivity contribution is 9.10. The van der Waals surface area contributed by atoms with Gasteiger partial charge in [-0.15, -0.1) is 10.2 Å². The summed E-state index contributed by atoms with van der Waals surface area (Å²) in [6, 6.07) is 19.5. The van der Waals surface area contributed by atoms with Crippen LogP contribution in [0.2, 0.25) is 0 Å². The second kappa shape index (κ2) is 7.25. The van der Waals surface area contributed by atoms with E-state index >= 15 is 0 Å². The molecule has 0 N–H and O–H groups in total. The summed E-state index contributed by atoms with van der Waals surface area (Å²) in [4.78, 5) is 0. The van der Waals surface area contributed by atoms with Crippen molar-refractivity contribution in [1.82, 2.24) is 15.4 Å². The minimum Gasteiger partial charge on any atom is -0.411 e. The first-order valence-corrected chi connectivity index (χ1v) is 9.30. The first kappa shape index (κ1) is 16.1. The molecule has 0 aliphatic rings. The van der Waals surface area contributed by atoms with Gasteiger partial charge in [0.1, 0.15) is 0 Å². The largest absolute Gasteiger partial charge is 0.411 e. The molecule has 25 heavy (non-hydrogen) atoms. The summed E-state index contributed by atoms with van der Waals surface area (Å²) in [5.41, 5.74) is 2.69. The topological polar surface area (TPSA) is 65.0 Å². The summed E-state index contributed by atoms with van der Waals surface area (Å²) < 4.78 is 12.0. The number of thioether (sulfide) groups is 1. The molecule has 0 saturated carbocycles. The maximum absolute atomic E-state index is 5.72. The van der Waals surface area contributed by atoms with Crippen molar-refractivity contribution in [3.63, 3.8) is 0 Å². The molecule has 0 fully saturated rings. The van der Waals surface area contributed by atoms with E-state index in [9.17, 15) is 0 Å². The van der Waals surface area contributed by atoms with Crippen LogP contribution in [0.3, 0.4) is 0 Å². The lowest BCUT2D eigenvalue weighted by Gasteiger charge is -1.97. The second-order valence-corrected chi connectivity index (χ2v) is 6.97. The highest BCUT2D eigenvalue weighted by Crippen LogP contribution is 2.30. The minimum atomic E-state index is 0.486. The van der Waals surface area contributed by atoms with Crippen molar-refractivity contribution in [2.24, 2.45) is 0 Å². The van der Waals surface area contributed by atoms with Crippen LogP contribution in [0, 0.1) is 0 Å². The van der Waals surface area contributed by atoms with E-state index in [2.05, 4.69) is 31.3 Å². The highest BCUT2D eigenvalue weighted by Gasteiger charge is 2.13. The lowest BCUT2D eigenvalue weighted by Crippen LogP contribution is -1.79. The van der Waals surface area contributed by atoms with Crippen LogP contribution in [-0.2, 0) is 5.75 Å². The van der Waals surface area contributed by atoms with Crippen molar-refractivity contribution < 1.29 is 8.94 Å². The fraction of sp³-hybridized carbons (Fsp3) is 0.0556. The number of benzene rings is 2. The first-order valence-electron chi connectivity index (χ1n) is 7.52. The quantitative estimate of drug-likeness (QED) is 0.405. The smallest absolute Gasteiger partial charge is 0.277 e. The number of rotatable bonds is 5. The maximum atomic E-state index is 5.72. The van der Waals surface area contributed by atoms with Crippen LogP contribution in [0.15, 0.2) is 79.3 Å². The zero-order valence-electron chi connectivity index (χ0n) is 12.9. The van der Waals surface area contributed by atoms with Gasteiger partial charge in [0, 0.05) is 21.9 Å². The zero-order chi connectivity index (χ0) is 17.1. The summed E-state index contributed by atoms with van der Waals surface area (Å²) >= 11 is 4.91. The number of hydrogen-bond acceptors (Lipinski definition) is 6. The van der Waals surface area contributed by atoms with Crippen LogP contribution in [0.4, 0.5) is 0 Å². The molecule has 2 aromatic heterocycles. The molecule has 2 aromatic carbocycles. The Balaban J connectivity index is 1.44. The average Bonchev–Trinajstić information content (AvgIpc) is 3.31. The molecule has 7 heteroatoms. The van der Waals surface area contributed by atoms with E-state index in [1.165, 1.54) is 11.8 Å². The average molecular weight is 414 g/mol. The third-order valence-corrected chi connectivity index (χ3v) is 5.02. The van der Waals surface area contributed by atoms with Gasteiger partial charge in [0.05, 0.1) is 11.3 Å². The minimum absolute atomic E-state index is 0.486. The number of hydrogen-bond donors (Lipinski definition) is 0. The Bertz CT molecular complexity index is 985. The maximum Gasteiger partial charge on any atom is 0.277 e. The Labute approximate surface area is 156 Å². The summed E-state index contributed by atoms with van der Waals surface area (Å²) in [7, 11) is 0. The van der Waals surface area contributed by atoms with Gasteiger partial charge in [-0.3, -0.25) is 0 Å². The molecule has 4 rings (SSSR count). The summed E-state index contributed by atoms with van der Waals surface area (Å²) in [5, 5.41) is 12.8. The van der Waals surface area contributed by atoms with Crippen molar-refractivity contribution in [2.75, 3.05) is 0 Å². The SMILES string of the molecule is Brc1ccccc1-c1nnc(SCc2cc(-c3ccccc3)on2)o1. The Kier molecular flexibility index (Phi) is 4.67. The van der Waals surface area contributed by atoms with Gasteiger partial charge in [-0.25, -0.2) is 0 Å². The molecule has 0 aliphatic carbocycles. The Morgan fingerprint density at radius 1 is 0.960 bits per heavy atom. The van der Waals surface area contributed by atoms with Crippen molar-refractivity contribution in [3.05, 3.63) is 70.8 Å². The standard InChI is InChI=1S/C18H12BrN3O2S/c19-15-9-5-4-8-14(15)17-20-21-18(23-17)25-11-13-10-16(24-22-13)12-6-2-1-3-7-12/h1-10H,11H2. The summed E-state index contributed by atoms with van der Waals surface area (Å²) in [6.07, 6.45) is 0. The van der Waals surface area contributed by atoms with Gasteiger partial charge >= 0.3 is 0 Å². The van der Waals surface area contributed by atoms with Crippen molar-refractivity contribution in [1.29, 1.82) is 0 Å². The van der Waals surface area contributed by atoms with Crippen LogP contribution in [0.25, 0.3) is 22.8 Å². The van der Waals surface area contributed by atoms with Crippen molar-refractivity contribution in [2.45, 2.75) is 11.0 Å². The van der Waals surface area contributed by atoms with Gasteiger partial charge in [-0.2, -0.15) is 0 Å². The molecule has 0 amide bonds. The summed E-state index contributed by atoms with van der Waals surface area (Å²) in [6.45, 7) is 0. The van der Waals surface area contributed by atoms with Crippen molar-refractivity contribution >= 4 is 27.7 Å². The predicted molar refractivity (Wildman–Crippen MR) is 98.9 cm³/mol. The number of aromatic nitrogens is 3. The molecule has 4 aromatic rings. The monoisotopic (exact) mass is 413 g/mol. The third-order valence-electron chi connectivity index (χ3n) is 3.47. The van der Waals surface area contributed by atoms with Crippen LogP contribution in [-0.4, -0.2) is 15.4 Å². The van der Waals surface area contributed by atoms with E-state index in [-0.39, 0.29) is 0 Å². The zero-order valence-corrected chi connectivity index (χ0v) is 15.3. The van der Waals surface area contributed by atoms with E-state index in [4.69, 9.17) is 8.94 Å². The second-order valence-electron chi connectivity index (χ2n) is 5.19. The van der Waals surface area contributed by atoms with Crippen LogP contribution >= 0.6 is 27.7 Å². The van der Waals surface area contributed by atoms with Gasteiger partial charge in [0.15, 0.2) is 5.76 Å². The Morgan fingerprint density at radius 2 is 1.76 bits per heavy atom. The molecular formula is C18H12BrN3O2S. The lowest BCUT2D eigenvalue weighted by molar-refractivity contribution is 0.426. The first-order chi connectivity index (χ1) is 12.3. The predicted octanol–water partition coefficient (Wildman–Crippen LogP) is 5.45. The number of nitrogens with zero attached hydrogens (tertiary/aromatic N) is 3. The van der Waals surface area contributed by atoms with Gasteiger partial charge in [0.2, 0.25) is 5.89 Å². The number of halogens is 1. The molecule has 0 radical (unpaired) electrons. The van der Waals surface area contributed by atoms with E-state index in [0.29, 0.717) is 16.9 Å². The molecule has 0 spiro atoms. The van der Waals surface area contributed by atoms with E-state index < -0.39 is 0 Å². The Hall–Kier alpha value is -2.38. The van der Waals surface area contributed by atoms with E-state index in [0.717, 1.165) is 27.1 Å². The Morgan fingerprint density at radius 3 is 2.60 bits per heavy atom.